The lowest BCUT2D eigenvalue weighted by atomic mass is 10.1. The van der Waals surface area contributed by atoms with Crippen LogP contribution in [0.15, 0.2) is 42.5 Å². The number of carbonyl (C=O) groups excluding carboxylic acids is 2. The summed E-state index contributed by atoms with van der Waals surface area (Å²) in [6.45, 7) is 6.68. The minimum atomic E-state index is -0.631. The molecule has 0 fully saturated rings. The number of nitrogens with zero attached hydrogens (tertiary/aromatic N) is 1. The van der Waals surface area contributed by atoms with Gasteiger partial charge < -0.3 is 10.2 Å². The molecular weight excluding hydrogens is 443 g/mol. The normalized spacial score (nSPS) is 12.0. The van der Waals surface area contributed by atoms with Crippen molar-refractivity contribution in [1.29, 1.82) is 0 Å². The van der Waals surface area contributed by atoms with Crippen LogP contribution >= 0.6 is 34.8 Å². The van der Waals surface area contributed by atoms with Gasteiger partial charge >= 0.3 is 0 Å². The SMILES string of the molecule is CC[C@@H](C(=O)NCC(C)C)N(Cc1ccccc1Cl)C(=O)Cc1c(Cl)cccc1Cl. The summed E-state index contributed by atoms with van der Waals surface area (Å²) in [7, 11) is 0. The molecule has 0 aliphatic heterocycles. The monoisotopic (exact) mass is 468 g/mol. The molecule has 1 atom stereocenters. The molecule has 7 heteroatoms. The fourth-order valence-electron chi connectivity index (χ4n) is 3.11. The smallest absolute Gasteiger partial charge is 0.242 e. The minimum Gasteiger partial charge on any atom is -0.354 e. The third-order valence-electron chi connectivity index (χ3n) is 4.76. The highest BCUT2D eigenvalue weighted by Gasteiger charge is 2.29. The van der Waals surface area contributed by atoms with E-state index in [9.17, 15) is 9.59 Å². The summed E-state index contributed by atoms with van der Waals surface area (Å²) in [6, 6.07) is 11.8. The zero-order valence-corrected chi connectivity index (χ0v) is 19.7. The number of benzene rings is 2. The van der Waals surface area contributed by atoms with Crippen molar-refractivity contribution in [2.45, 2.75) is 46.2 Å². The summed E-state index contributed by atoms with van der Waals surface area (Å²) in [5, 5.41) is 4.33. The van der Waals surface area contributed by atoms with Crippen molar-refractivity contribution in [2.24, 2.45) is 5.92 Å². The van der Waals surface area contributed by atoms with Crippen molar-refractivity contribution in [1.82, 2.24) is 10.2 Å². The molecule has 0 aliphatic carbocycles. The first kappa shape index (κ1) is 24.5. The van der Waals surface area contributed by atoms with Gasteiger partial charge in [0.1, 0.15) is 6.04 Å². The predicted octanol–water partition coefficient (Wildman–Crippen LogP) is 5.77. The molecule has 2 rings (SSSR count). The molecule has 2 aromatic rings. The van der Waals surface area contributed by atoms with E-state index < -0.39 is 6.04 Å². The van der Waals surface area contributed by atoms with Crippen LogP contribution in [0, 0.1) is 5.92 Å². The lowest BCUT2D eigenvalue weighted by Gasteiger charge is -2.31. The van der Waals surface area contributed by atoms with Gasteiger partial charge in [0.2, 0.25) is 11.8 Å². The molecule has 0 aromatic heterocycles. The standard InChI is InChI=1S/C23H27Cl3N2O2/c1-4-21(23(30)27-13-15(2)3)28(14-16-8-5-6-9-18(16)24)22(29)12-17-19(25)10-7-11-20(17)26/h5-11,15,21H,4,12-14H2,1-3H3,(H,27,30)/t21-/m0/s1. The molecule has 4 nitrogen and oxygen atoms in total. The van der Waals surface area contributed by atoms with Crippen LogP contribution in [0.2, 0.25) is 15.1 Å². The molecule has 0 saturated carbocycles. The number of rotatable bonds is 9. The zero-order chi connectivity index (χ0) is 22.3. The molecular formula is C23H27Cl3N2O2. The second-order valence-corrected chi connectivity index (χ2v) is 8.77. The molecule has 1 N–H and O–H groups in total. The Kier molecular flexibility index (Phi) is 9.47. The lowest BCUT2D eigenvalue weighted by molar-refractivity contribution is -0.141. The number of halogens is 3. The zero-order valence-electron chi connectivity index (χ0n) is 17.4. The largest absolute Gasteiger partial charge is 0.354 e. The second-order valence-electron chi connectivity index (χ2n) is 7.55. The average molecular weight is 470 g/mol. The highest BCUT2D eigenvalue weighted by atomic mass is 35.5. The van der Waals surface area contributed by atoms with Gasteiger partial charge in [-0.25, -0.2) is 0 Å². The van der Waals surface area contributed by atoms with Crippen LogP contribution in [0.4, 0.5) is 0 Å². The van der Waals surface area contributed by atoms with E-state index in [2.05, 4.69) is 5.32 Å². The van der Waals surface area contributed by atoms with Gasteiger partial charge in [-0.3, -0.25) is 9.59 Å². The Balaban J connectivity index is 2.35. The fraction of sp³-hybridized carbons (Fsp3) is 0.391. The van der Waals surface area contributed by atoms with Crippen LogP contribution in [0.5, 0.6) is 0 Å². The van der Waals surface area contributed by atoms with E-state index in [0.717, 1.165) is 5.56 Å². The maximum Gasteiger partial charge on any atom is 0.242 e. The van der Waals surface area contributed by atoms with Crippen LogP contribution in [0.3, 0.4) is 0 Å². The molecule has 2 aromatic carbocycles. The van der Waals surface area contributed by atoms with E-state index in [-0.39, 0.29) is 24.8 Å². The molecule has 0 radical (unpaired) electrons. The van der Waals surface area contributed by atoms with Gasteiger partial charge in [0.15, 0.2) is 0 Å². The third-order valence-corrected chi connectivity index (χ3v) is 5.84. The number of hydrogen-bond donors (Lipinski definition) is 1. The highest BCUT2D eigenvalue weighted by molar-refractivity contribution is 6.36. The Labute approximate surface area is 193 Å². The molecule has 0 spiro atoms. The van der Waals surface area contributed by atoms with Crippen LogP contribution < -0.4 is 5.32 Å². The van der Waals surface area contributed by atoms with E-state index >= 15 is 0 Å². The molecule has 0 heterocycles. The van der Waals surface area contributed by atoms with Gasteiger partial charge in [-0.05, 0) is 41.7 Å². The van der Waals surface area contributed by atoms with Gasteiger partial charge in [0.25, 0.3) is 0 Å². The van der Waals surface area contributed by atoms with Crippen LogP contribution in [-0.4, -0.2) is 29.3 Å². The van der Waals surface area contributed by atoms with Crippen molar-refractivity contribution < 1.29 is 9.59 Å². The van der Waals surface area contributed by atoms with Crippen molar-refractivity contribution in [2.75, 3.05) is 6.54 Å². The highest BCUT2D eigenvalue weighted by Crippen LogP contribution is 2.27. The first-order chi connectivity index (χ1) is 14.2. The van der Waals surface area contributed by atoms with E-state index in [1.165, 1.54) is 0 Å². The molecule has 30 heavy (non-hydrogen) atoms. The van der Waals surface area contributed by atoms with Crippen molar-refractivity contribution in [3.8, 4) is 0 Å². The van der Waals surface area contributed by atoms with E-state index in [1.54, 1.807) is 29.2 Å². The molecule has 0 bridgehead atoms. The van der Waals surface area contributed by atoms with E-state index in [0.29, 0.717) is 39.5 Å². The summed E-state index contributed by atoms with van der Waals surface area (Å²) >= 11 is 18.9. The fourth-order valence-corrected chi connectivity index (χ4v) is 3.83. The Morgan fingerprint density at radius 3 is 2.13 bits per heavy atom. The van der Waals surface area contributed by atoms with Gasteiger partial charge in [0, 0.05) is 28.2 Å². The lowest BCUT2D eigenvalue weighted by Crippen LogP contribution is -2.50. The van der Waals surface area contributed by atoms with Crippen LogP contribution in [-0.2, 0) is 22.6 Å². The first-order valence-electron chi connectivity index (χ1n) is 9.98. The van der Waals surface area contributed by atoms with E-state index in [4.69, 9.17) is 34.8 Å². The molecule has 0 aliphatic rings. The summed E-state index contributed by atoms with van der Waals surface area (Å²) in [4.78, 5) is 27.8. The topological polar surface area (TPSA) is 49.4 Å². The Hall–Kier alpha value is -1.75. The third kappa shape index (κ3) is 6.63. The van der Waals surface area contributed by atoms with Crippen LogP contribution in [0.25, 0.3) is 0 Å². The van der Waals surface area contributed by atoms with Gasteiger partial charge in [-0.15, -0.1) is 0 Å². The van der Waals surface area contributed by atoms with Gasteiger partial charge in [-0.1, -0.05) is 79.8 Å². The first-order valence-corrected chi connectivity index (χ1v) is 11.1. The summed E-state index contributed by atoms with van der Waals surface area (Å²) < 4.78 is 0. The maximum atomic E-state index is 13.4. The average Bonchev–Trinajstić information content (AvgIpc) is 2.70. The molecule has 162 valence electrons. The second kappa shape index (κ2) is 11.6. The van der Waals surface area contributed by atoms with Crippen molar-refractivity contribution in [3.63, 3.8) is 0 Å². The molecule has 0 saturated heterocycles. The van der Waals surface area contributed by atoms with Gasteiger partial charge in [0.05, 0.1) is 6.42 Å². The minimum absolute atomic E-state index is 0.00306. The number of hydrogen-bond acceptors (Lipinski definition) is 2. The number of nitrogens with one attached hydrogen (secondary N) is 1. The Morgan fingerprint density at radius 2 is 1.57 bits per heavy atom. The van der Waals surface area contributed by atoms with E-state index in [1.807, 2.05) is 39.0 Å². The number of amides is 2. The van der Waals surface area contributed by atoms with Crippen molar-refractivity contribution >= 4 is 46.6 Å². The van der Waals surface area contributed by atoms with Crippen molar-refractivity contribution in [3.05, 3.63) is 68.7 Å². The van der Waals surface area contributed by atoms with Gasteiger partial charge in [-0.2, -0.15) is 0 Å². The quantitative estimate of drug-likeness (QED) is 0.507. The summed E-state index contributed by atoms with van der Waals surface area (Å²) in [5.41, 5.74) is 1.32. The molecule has 0 unspecified atom stereocenters. The Morgan fingerprint density at radius 1 is 0.967 bits per heavy atom. The summed E-state index contributed by atoms with van der Waals surface area (Å²) in [6.07, 6.45) is 0.466. The Bertz CT molecular complexity index is 866. The summed E-state index contributed by atoms with van der Waals surface area (Å²) in [5.74, 6) is -0.116. The van der Waals surface area contributed by atoms with Crippen LogP contribution in [0.1, 0.15) is 38.3 Å². The maximum absolute atomic E-state index is 13.4. The number of carbonyl (C=O) groups is 2. The predicted molar refractivity (Wildman–Crippen MR) is 124 cm³/mol. The molecule has 2 amide bonds.